The lowest BCUT2D eigenvalue weighted by Crippen LogP contribution is -2.48. The van der Waals surface area contributed by atoms with Gasteiger partial charge < -0.3 is 5.32 Å². The Morgan fingerprint density at radius 1 is 1.38 bits per heavy atom. The summed E-state index contributed by atoms with van der Waals surface area (Å²) in [5, 5.41) is 3.67. The fourth-order valence-corrected chi connectivity index (χ4v) is 4.01. The Labute approximate surface area is 101 Å². The Morgan fingerprint density at radius 2 is 2.19 bits per heavy atom. The van der Waals surface area contributed by atoms with E-state index in [1.807, 2.05) is 0 Å². The molecule has 0 radical (unpaired) electrons. The number of hydrogen-bond donors (Lipinski definition) is 1. The highest BCUT2D eigenvalue weighted by Gasteiger charge is 2.35. The summed E-state index contributed by atoms with van der Waals surface area (Å²) >= 11 is 0. The third-order valence-electron chi connectivity index (χ3n) is 3.84. The molecule has 0 spiro atoms. The lowest BCUT2D eigenvalue weighted by molar-refractivity contribution is 0.178. The molecule has 0 amide bonds. The molecular weight excluding hydrogens is 220 g/mol. The summed E-state index contributed by atoms with van der Waals surface area (Å²) in [7, 11) is -0.681. The number of fused-ring (bicyclic) bond motifs is 1. The number of nitrogens with zero attached hydrogens (tertiary/aromatic N) is 1. The van der Waals surface area contributed by atoms with E-state index in [4.69, 9.17) is 0 Å². The highest BCUT2D eigenvalue weighted by molar-refractivity contribution is 7.84. The molecule has 2 aliphatic heterocycles. The summed E-state index contributed by atoms with van der Waals surface area (Å²) in [6.07, 6.45) is 7.16. The van der Waals surface area contributed by atoms with Gasteiger partial charge in [0.25, 0.3) is 0 Å². The zero-order valence-corrected chi connectivity index (χ0v) is 11.3. The largest absolute Gasteiger partial charge is 0.309 e. The molecule has 94 valence electrons. The van der Waals surface area contributed by atoms with Crippen molar-refractivity contribution in [2.45, 2.75) is 50.7 Å². The van der Waals surface area contributed by atoms with E-state index in [1.165, 1.54) is 38.8 Å². The van der Waals surface area contributed by atoms with E-state index in [0.717, 1.165) is 11.8 Å². The van der Waals surface area contributed by atoms with Crippen LogP contribution in [0.25, 0.3) is 0 Å². The van der Waals surface area contributed by atoms with E-state index in [0.29, 0.717) is 12.1 Å². The summed E-state index contributed by atoms with van der Waals surface area (Å²) in [4.78, 5) is 2.64. The van der Waals surface area contributed by atoms with Gasteiger partial charge in [-0.1, -0.05) is 6.42 Å². The second-order valence-electron chi connectivity index (χ2n) is 5.30. The van der Waals surface area contributed by atoms with Gasteiger partial charge in [-0.25, -0.2) is 0 Å². The van der Waals surface area contributed by atoms with Crippen LogP contribution in [-0.4, -0.2) is 52.3 Å². The average molecular weight is 244 g/mol. The van der Waals surface area contributed by atoms with E-state index < -0.39 is 10.8 Å². The Balaban J connectivity index is 1.83. The molecule has 0 saturated carbocycles. The lowest BCUT2D eigenvalue weighted by atomic mass is 9.98. The van der Waals surface area contributed by atoms with E-state index in [2.05, 4.69) is 17.1 Å². The molecule has 0 aliphatic carbocycles. The van der Waals surface area contributed by atoms with Crippen molar-refractivity contribution in [3.8, 4) is 0 Å². The molecule has 0 aromatic carbocycles. The molecule has 4 heteroatoms. The SMILES string of the molecule is CC(CS(C)=O)NC1CCN2CCCCC12. The molecule has 2 fully saturated rings. The van der Waals surface area contributed by atoms with Crippen LogP contribution in [0.4, 0.5) is 0 Å². The van der Waals surface area contributed by atoms with Crippen molar-refractivity contribution in [1.82, 2.24) is 10.2 Å². The van der Waals surface area contributed by atoms with Crippen LogP contribution in [0.1, 0.15) is 32.6 Å². The van der Waals surface area contributed by atoms with Gasteiger partial charge in [0.1, 0.15) is 0 Å². The minimum Gasteiger partial charge on any atom is -0.309 e. The van der Waals surface area contributed by atoms with Gasteiger partial charge in [0.2, 0.25) is 0 Å². The summed E-state index contributed by atoms with van der Waals surface area (Å²) < 4.78 is 11.2. The monoisotopic (exact) mass is 244 g/mol. The lowest BCUT2D eigenvalue weighted by Gasteiger charge is -2.33. The van der Waals surface area contributed by atoms with Crippen LogP contribution in [0, 0.1) is 0 Å². The van der Waals surface area contributed by atoms with E-state index in [-0.39, 0.29) is 0 Å². The molecule has 4 atom stereocenters. The molecule has 0 aromatic rings. The van der Waals surface area contributed by atoms with Gasteiger partial charge in [-0.2, -0.15) is 0 Å². The molecule has 2 aliphatic rings. The smallest absolute Gasteiger partial charge is 0.0383 e. The molecule has 2 heterocycles. The minimum atomic E-state index is -0.681. The van der Waals surface area contributed by atoms with Crippen molar-refractivity contribution in [2.24, 2.45) is 0 Å². The van der Waals surface area contributed by atoms with E-state index in [9.17, 15) is 4.21 Å². The predicted octanol–water partition coefficient (Wildman–Crippen LogP) is 0.970. The first-order chi connectivity index (χ1) is 7.66. The molecule has 1 N–H and O–H groups in total. The highest BCUT2D eigenvalue weighted by Crippen LogP contribution is 2.27. The maximum atomic E-state index is 11.2. The normalized spacial score (nSPS) is 34.6. The standard InChI is InChI=1S/C12H24N2OS/c1-10(9-16(2)15)13-11-6-8-14-7-4-3-5-12(11)14/h10-13H,3-9H2,1-2H3. The molecule has 16 heavy (non-hydrogen) atoms. The van der Waals surface area contributed by atoms with Crippen molar-refractivity contribution in [3.05, 3.63) is 0 Å². The van der Waals surface area contributed by atoms with Crippen LogP contribution >= 0.6 is 0 Å². The van der Waals surface area contributed by atoms with Crippen molar-refractivity contribution < 1.29 is 4.21 Å². The number of piperidine rings is 1. The quantitative estimate of drug-likeness (QED) is 0.800. The molecule has 3 nitrogen and oxygen atoms in total. The van der Waals surface area contributed by atoms with Gasteiger partial charge in [0, 0.05) is 47.5 Å². The zero-order chi connectivity index (χ0) is 11.5. The third-order valence-corrected chi connectivity index (χ3v) is 4.81. The van der Waals surface area contributed by atoms with Crippen molar-refractivity contribution in [2.75, 3.05) is 25.1 Å². The third kappa shape index (κ3) is 3.05. The Kier molecular flexibility index (Phi) is 4.39. The fraction of sp³-hybridized carbons (Fsp3) is 1.00. The minimum absolute atomic E-state index is 0.387. The first-order valence-corrected chi connectivity index (χ1v) is 8.19. The first-order valence-electron chi connectivity index (χ1n) is 6.47. The maximum Gasteiger partial charge on any atom is 0.0383 e. The Bertz CT molecular complexity index is 259. The van der Waals surface area contributed by atoms with Crippen LogP contribution in [0.15, 0.2) is 0 Å². The van der Waals surface area contributed by atoms with Crippen LogP contribution in [0.3, 0.4) is 0 Å². The molecule has 0 aromatic heterocycles. The van der Waals surface area contributed by atoms with Gasteiger partial charge in [-0.3, -0.25) is 9.11 Å². The highest BCUT2D eigenvalue weighted by atomic mass is 32.2. The summed E-state index contributed by atoms with van der Waals surface area (Å²) in [5.41, 5.74) is 0. The van der Waals surface area contributed by atoms with Gasteiger partial charge in [0.15, 0.2) is 0 Å². The van der Waals surface area contributed by atoms with Crippen LogP contribution in [-0.2, 0) is 10.8 Å². The molecule has 4 unspecified atom stereocenters. The van der Waals surface area contributed by atoms with E-state index in [1.54, 1.807) is 6.26 Å². The van der Waals surface area contributed by atoms with Crippen LogP contribution in [0.2, 0.25) is 0 Å². The van der Waals surface area contributed by atoms with Gasteiger partial charge >= 0.3 is 0 Å². The van der Waals surface area contributed by atoms with Crippen molar-refractivity contribution >= 4 is 10.8 Å². The summed E-state index contributed by atoms with van der Waals surface area (Å²) in [6.45, 7) is 4.70. The van der Waals surface area contributed by atoms with Gasteiger partial charge in [0.05, 0.1) is 0 Å². The molecule has 2 rings (SSSR count). The van der Waals surface area contributed by atoms with E-state index >= 15 is 0 Å². The second kappa shape index (κ2) is 5.61. The van der Waals surface area contributed by atoms with Crippen LogP contribution < -0.4 is 5.32 Å². The summed E-state index contributed by atoms with van der Waals surface area (Å²) in [5.74, 6) is 0.781. The van der Waals surface area contributed by atoms with Crippen molar-refractivity contribution in [3.63, 3.8) is 0 Å². The Hall–Kier alpha value is 0.0700. The topological polar surface area (TPSA) is 32.3 Å². The number of nitrogens with one attached hydrogen (secondary N) is 1. The zero-order valence-electron chi connectivity index (χ0n) is 10.4. The van der Waals surface area contributed by atoms with Gasteiger partial charge in [-0.05, 0) is 32.7 Å². The second-order valence-corrected chi connectivity index (χ2v) is 6.78. The molecule has 0 bridgehead atoms. The summed E-state index contributed by atoms with van der Waals surface area (Å²) in [6, 6.07) is 1.78. The van der Waals surface area contributed by atoms with Crippen LogP contribution in [0.5, 0.6) is 0 Å². The molecule has 2 saturated heterocycles. The van der Waals surface area contributed by atoms with Crippen molar-refractivity contribution in [1.29, 1.82) is 0 Å². The fourth-order valence-electron chi connectivity index (χ4n) is 3.21. The molecular formula is C12H24N2OS. The number of hydrogen-bond acceptors (Lipinski definition) is 3. The Morgan fingerprint density at radius 3 is 2.94 bits per heavy atom. The average Bonchev–Trinajstić information content (AvgIpc) is 2.61. The first kappa shape index (κ1) is 12.5. The maximum absolute atomic E-state index is 11.2. The predicted molar refractivity (Wildman–Crippen MR) is 69.1 cm³/mol. The van der Waals surface area contributed by atoms with Gasteiger partial charge in [-0.15, -0.1) is 0 Å². The number of rotatable bonds is 4.